The Morgan fingerprint density at radius 2 is 1.83 bits per heavy atom. The third-order valence-corrected chi connectivity index (χ3v) is 4.81. The predicted octanol–water partition coefficient (Wildman–Crippen LogP) is 0.776. The van der Waals surface area contributed by atoms with Gasteiger partial charge < -0.3 is 15.8 Å². The third-order valence-electron chi connectivity index (χ3n) is 3.41. The highest BCUT2D eigenvalue weighted by atomic mass is 32.2. The first-order chi connectivity index (χ1) is 13.6. The van der Waals surface area contributed by atoms with Crippen LogP contribution in [0.2, 0.25) is 0 Å². The highest BCUT2D eigenvalue weighted by Crippen LogP contribution is 2.24. The maximum atomic E-state index is 12.8. The molecule has 4 N–H and O–H groups in total. The van der Waals surface area contributed by atoms with Gasteiger partial charge in [-0.25, -0.2) is 12.8 Å². The van der Waals surface area contributed by atoms with Crippen LogP contribution in [-0.4, -0.2) is 38.4 Å². The van der Waals surface area contributed by atoms with Gasteiger partial charge in [-0.15, -0.1) is 0 Å². The molecular weight excluding hydrogens is 411 g/mol. The summed E-state index contributed by atoms with van der Waals surface area (Å²) in [5, 5.41) is 13.2. The number of hydrogen-bond acceptors (Lipinski definition) is 8. The van der Waals surface area contributed by atoms with Gasteiger partial charge in [0.1, 0.15) is 18.0 Å². The zero-order valence-corrected chi connectivity index (χ0v) is 15.4. The summed E-state index contributed by atoms with van der Waals surface area (Å²) in [6.07, 6.45) is 0. The summed E-state index contributed by atoms with van der Waals surface area (Å²) >= 11 is 0. The number of ether oxygens (including phenoxy) is 1. The number of esters is 1. The quantitative estimate of drug-likeness (QED) is 0.240. The van der Waals surface area contributed by atoms with Crippen LogP contribution in [0.15, 0.2) is 47.4 Å². The van der Waals surface area contributed by atoms with Crippen LogP contribution >= 0.6 is 0 Å². The van der Waals surface area contributed by atoms with Crippen molar-refractivity contribution in [2.45, 2.75) is 4.90 Å². The number of nitrogens with zero attached hydrogens (tertiary/aromatic N) is 1. The number of benzene rings is 2. The smallest absolute Gasteiger partial charge is 0.321 e. The minimum absolute atomic E-state index is 0.222. The average Bonchev–Trinajstić information content (AvgIpc) is 2.66. The average molecular weight is 426 g/mol. The fourth-order valence-corrected chi connectivity index (χ4v) is 3.00. The highest BCUT2D eigenvalue weighted by Gasteiger charge is 2.21. The molecule has 0 saturated carbocycles. The minimum Gasteiger partial charge on any atom is -0.455 e. The molecule has 0 fully saturated rings. The molecule has 2 rings (SSSR count). The number of anilines is 2. The first kappa shape index (κ1) is 21.7. The minimum atomic E-state index is -4.27. The lowest BCUT2D eigenvalue weighted by molar-refractivity contribution is -0.384. The summed E-state index contributed by atoms with van der Waals surface area (Å²) in [6, 6.07) is 7.68. The number of carbonyl (C=O) groups excluding carboxylic acids is 2. The number of hydrogen-bond donors (Lipinski definition) is 3. The Bertz CT molecular complexity index is 1040. The number of rotatable bonds is 8. The van der Waals surface area contributed by atoms with E-state index in [1.54, 1.807) is 0 Å². The van der Waals surface area contributed by atoms with Gasteiger partial charge in [0.25, 0.3) is 11.6 Å². The SMILES string of the molecule is Nc1ccc(S(=O)(=O)NCC(=O)OCC(=O)Nc2ccc(F)cc2)cc1[N+](=O)[O-]. The molecule has 0 saturated heterocycles. The van der Waals surface area contributed by atoms with Crippen LogP contribution in [-0.2, 0) is 24.3 Å². The van der Waals surface area contributed by atoms with E-state index in [-0.39, 0.29) is 11.4 Å². The van der Waals surface area contributed by atoms with Crippen LogP contribution < -0.4 is 15.8 Å². The van der Waals surface area contributed by atoms with Crippen molar-refractivity contribution in [3.05, 3.63) is 58.4 Å². The van der Waals surface area contributed by atoms with Gasteiger partial charge in [-0.3, -0.25) is 19.7 Å². The van der Waals surface area contributed by atoms with E-state index in [2.05, 4.69) is 10.1 Å². The molecule has 0 spiro atoms. The fraction of sp³-hybridized carbons (Fsp3) is 0.125. The van der Waals surface area contributed by atoms with Crippen molar-refractivity contribution < 1.29 is 32.1 Å². The number of amides is 1. The van der Waals surface area contributed by atoms with Crippen molar-refractivity contribution in [3.63, 3.8) is 0 Å². The Hall–Kier alpha value is -3.58. The lowest BCUT2D eigenvalue weighted by Gasteiger charge is -2.08. The van der Waals surface area contributed by atoms with Crippen LogP contribution in [0, 0.1) is 15.9 Å². The van der Waals surface area contributed by atoms with Crippen molar-refractivity contribution in [2.75, 3.05) is 24.2 Å². The maximum Gasteiger partial charge on any atom is 0.321 e. The van der Waals surface area contributed by atoms with E-state index in [0.29, 0.717) is 0 Å². The highest BCUT2D eigenvalue weighted by molar-refractivity contribution is 7.89. The second kappa shape index (κ2) is 9.07. The van der Waals surface area contributed by atoms with Gasteiger partial charge in [0.15, 0.2) is 6.61 Å². The Balaban J connectivity index is 1.88. The van der Waals surface area contributed by atoms with Gasteiger partial charge in [-0.05, 0) is 36.4 Å². The molecule has 0 aliphatic heterocycles. The van der Waals surface area contributed by atoms with Crippen molar-refractivity contribution in [2.24, 2.45) is 0 Å². The number of nitro groups is 1. The van der Waals surface area contributed by atoms with E-state index in [4.69, 9.17) is 5.73 Å². The third kappa shape index (κ3) is 6.22. The lowest BCUT2D eigenvalue weighted by atomic mass is 10.3. The van der Waals surface area contributed by atoms with Gasteiger partial charge >= 0.3 is 5.97 Å². The summed E-state index contributed by atoms with van der Waals surface area (Å²) in [5.74, 6) is -2.28. The number of nitrogens with one attached hydrogen (secondary N) is 2. The number of carbonyl (C=O) groups is 2. The molecule has 2 aromatic carbocycles. The number of nitrogens with two attached hydrogens (primary N) is 1. The molecular formula is C16H15FN4O7S. The second-order valence-electron chi connectivity index (χ2n) is 5.52. The molecule has 0 radical (unpaired) electrons. The zero-order valence-electron chi connectivity index (χ0n) is 14.6. The van der Waals surface area contributed by atoms with Gasteiger partial charge in [-0.2, -0.15) is 4.72 Å². The number of halogens is 1. The largest absolute Gasteiger partial charge is 0.455 e. The van der Waals surface area contributed by atoms with Crippen molar-refractivity contribution >= 4 is 39.0 Å². The molecule has 154 valence electrons. The van der Waals surface area contributed by atoms with Gasteiger partial charge in [0, 0.05) is 11.8 Å². The van der Waals surface area contributed by atoms with E-state index < -0.39 is 56.4 Å². The Labute approximate surface area is 163 Å². The van der Waals surface area contributed by atoms with Gasteiger partial charge in [0.05, 0.1) is 9.82 Å². The molecule has 1 amide bonds. The molecule has 0 aliphatic rings. The fourth-order valence-electron chi connectivity index (χ4n) is 2.01. The van der Waals surface area contributed by atoms with E-state index in [9.17, 15) is 32.5 Å². The lowest BCUT2D eigenvalue weighted by Crippen LogP contribution is -2.32. The molecule has 2 aromatic rings. The first-order valence-corrected chi connectivity index (χ1v) is 9.31. The molecule has 11 nitrogen and oxygen atoms in total. The molecule has 0 aromatic heterocycles. The van der Waals surface area contributed by atoms with E-state index in [1.165, 1.54) is 12.1 Å². The summed E-state index contributed by atoms with van der Waals surface area (Å²) in [6.45, 7) is -1.52. The second-order valence-corrected chi connectivity index (χ2v) is 7.28. The van der Waals surface area contributed by atoms with Crippen LogP contribution in [0.25, 0.3) is 0 Å². The van der Waals surface area contributed by atoms with Gasteiger partial charge in [0.2, 0.25) is 10.0 Å². The molecule has 0 atom stereocenters. The van der Waals surface area contributed by atoms with Crippen LogP contribution in [0.3, 0.4) is 0 Å². The molecule has 0 aliphatic carbocycles. The van der Waals surface area contributed by atoms with E-state index in [0.717, 1.165) is 30.3 Å². The van der Waals surface area contributed by atoms with E-state index >= 15 is 0 Å². The zero-order chi connectivity index (χ0) is 21.6. The van der Waals surface area contributed by atoms with Crippen LogP contribution in [0.4, 0.5) is 21.5 Å². The molecule has 29 heavy (non-hydrogen) atoms. The number of nitrogen functional groups attached to an aromatic ring is 1. The predicted molar refractivity (Wildman–Crippen MR) is 98.7 cm³/mol. The van der Waals surface area contributed by atoms with Crippen molar-refractivity contribution in [3.8, 4) is 0 Å². The molecule has 0 unspecified atom stereocenters. The van der Waals surface area contributed by atoms with Crippen molar-refractivity contribution in [1.29, 1.82) is 0 Å². The van der Waals surface area contributed by atoms with Crippen LogP contribution in [0.5, 0.6) is 0 Å². The first-order valence-electron chi connectivity index (χ1n) is 7.83. The summed E-state index contributed by atoms with van der Waals surface area (Å²) in [7, 11) is -4.27. The Morgan fingerprint density at radius 1 is 1.17 bits per heavy atom. The topological polar surface area (TPSA) is 171 Å². The van der Waals surface area contributed by atoms with Crippen LogP contribution in [0.1, 0.15) is 0 Å². The summed E-state index contributed by atoms with van der Waals surface area (Å²) < 4.78 is 43.6. The summed E-state index contributed by atoms with van der Waals surface area (Å²) in [4.78, 5) is 32.8. The van der Waals surface area contributed by atoms with Gasteiger partial charge in [-0.1, -0.05) is 0 Å². The monoisotopic (exact) mass is 426 g/mol. The molecule has 0 bridgehead atoms. The summed E-state index contributed by atoms with van der Waals surface area (Å²) in [5.41, 5.74) is 4.85. The molecule has 13 heteroatoms. The molecule has 0 heterocycles. The number of nitro benzene ring substituents is 1. The normalized spacial score (nSPS) is 10.9. The standard InChI is InChI=1S/C16H15FN4O7S/c17-10-1-3-11(4-2-10)20-15(22)9-28-16(23)8-19-29(26,27)12-5-6-13(18)14(7-12)21(24)25/h1-7,19H,8-9,18H2,(H,20,22). The Kier molecular flexibility index (Phi) is 6.80. The van der Waals surface area contributed by atoms with E-state index in [1.807, 2.05) is 4.72 Å². The number of sulfonamides is 1. The Morgan fingerprint density at radius 3 is 2.45 bits per heavy atom. The van der Waals surface area contributed by atoms with Crippen molar-refractivity contribution in [1.82, 2.24) is 4.72 Å². The maximum absolute atomic E-state index is 12.8.